The molecule has 1 rings (SSSR count). The third-order valence-electron chi connectivity index (χ3n) is 1.49. The number of nitrogen functional groups attached to an aromatic ring is 1. The van der Waals surface area contributed by atoms with Crippen LogP contribution in [-0.2, 0) is 6.61 Å². The van der Waals surface area contributed by atoms with Gasteiger partial charge in [0.15, 0.2) is 0 Å². The van der Waals surface area contributed by atoms with Gasteiger partial charge < -0.3 is 10.8 Å². The Bertz CT molecular complexity index is 320. The molecule has 1 aromatic rings. The Labute approximate surface area is 87.1 Å². The molecule has 0 bridgehead atoms. The fourth-order valence-electron chi connectivity index (χ4n) is 0.915. The monoisotopic (exact) mass is 300 g/mol. The smallest absolute Gasteiger partial charge is 0.280 e. The lowest BCUT2D eigenvalue weighted by molar-refractivity contribution is 0.141. The van der Waals surface area contributed by atoms with Gasteiger partial charge in [0.05, 0.1) is 6.61 Å². The van der Waals surface area contributed by atoms with E-state index in [1.807, 2.05) is 22.6 Å². The normalized spacial score (nSPS) is 10.8. The van der Waals surface area contributed by atoms with Crippen LogP contribution in [0.3, 0.4) is 0 Å². The topological polar surface area (TPSA) is 59.1 Å². The van der Waals surface area contributed by atoms with Crippen molar-refractivity contribution in [3.05, 3.63) is 20.9 Å². The molecule has 13 heavy (non-hydrogen) atoms. The number of hydrogen-bond acceptors (Lipinski definition) is 3. The number of alkyl halides is 2. The van der Waals surface area contributed by atoms with Crippen molar-refractivity contribution < 1.29 is 13.9 Å². The van der Waals surface area contributed by atoms with Crippen molar-refractivity contribution in [2.24, 2.45) is 0 Å². The van der Waals surface area contributed by atoms with Crippen molar-refractivity contribution in [3.63, 3.8) is 0 Å². The molecule has 0 saturated heterocycles. The van der Waals surface area contributed by atoms with Crippen LogP contribution in [0.2, 0.25) is 0 Å². The maximum atomic E-state index is 12.3. The number of aliphatic hydroxyl groups excluding tert-OH is 1. The number of hydrogen-bond donors (Lipinski definition) is 2. The standard InChI is InChI=1S/C7H7F2IN2O/c8-7(9)6-3(2-13)4(10)1-5(11)12-6/h1,7,13H,2H2,(H2,11,12). The molecular weight excluding hydrogens is 293 g/mol. The number of nitrogens with zero attached hydrogens (tertiary/aromatic N) is 1. The molecule has 0 aromatic carbocycles. The average Bonchev–Trinajstić information content (AvgIpc) is 2.02. The van der Waals surface area contributed by atoms with Crippen LogP contribution in [0.1, 0.15) is 17.7 Å². The van der Waals surface area contributed by atoms with Crippen molar-refractivity contribution in [2.75, 3.05) is 5.73 Å². The third kappa shape index (κ3) is 2.25. The van der Waals surface area contributed by atoms with Gasteiger partial charge in [-0.05, 0) is 28.7 Å². The first-order valence-corrected chi connectivity index (χ1v) is 4.48. The Morgan fingerprint density at radius 2 is 2.23 bits per heavy atom. The highest BCUT2D eigenvalue weighted by atomic mass is 127. The predicted octanol–water partition coefficient (Wildman–Crippen LogP) is 1.70. The summed E-state index contributed by atoms with van der Waals surface area (Å²) >= 11 is 1.83. The van der Waals surface area contributed by atoms with E-state index >= 15 is 0 Å². The number of aliphatic hydroxyl groups is 1. The highest BCUT2D eigenvalue weighted by molar-refractivity contribution is 14.1. The van der Waals surface area contributed by atoms with E-state index in [4.69, 9.17) is 10.8 Å². The molecule has 0 aliphatic carbocycles. The Kier molecular flexibility index (Phi) is 3.37. The zero-order valence-electron chi connectivity index (χ0n) is 6.47. The van der Waals surface area contributed by atoms with Crippen LogP contribution < -0.4 is 5.73 Å². The fraction of sp³-hybridized carbons (Fsp3) is 0.286. The molecule has 0 spiro atoms. The van der Waals surface area contributed by atoms with Crippen LogP contribution in [-0.4, -0.2) is 10.1 Å². The van der Waals surface area contributed by atoms with Gasteiger partial charge in [-0.15, -0.1) is 0 Å². The quantitative estimate of drug-likeness (QED) is 0.817. The summed E-state index contributed by atoms with van der Waals surface area (Å²) in [5.41, 5.74) is 5.00. The van der Waals surface area contributed by atoms with E-state index < -0.39 is 18.7 Å². The first kappa shape index (κ1) is 10.6. The minimum atomic E-state index is -2.71. The molecule has 72 valence electrons. The average molecular weight is 300 g/mol. The zero-order valence-corrected chi connectivity index (χ0v) is 8.62. The summed E-state index contributed by atoms with van der Waals surface area (Å²) in [6.07, 6.45) is -2.71. The van der Waals surface area contributed by atoms with Crippen molar-refractivity contribution in [1.82, 2.24) is 4.98 Å². The molecule has 0 atom stereocenters. The molecule has 1 aromatic heterocycles. The van der Waals surface area contributed by atoms with Crippen molar-refractivity contribution in [2.45, 2.75) is 13.0 Å². The summed E-state index contributed by atoms with van der Waals surface area (Å²) in [5, 5.41) is 8.82. The maximum absolute atomic E-state index is 12.3. The van der Waals surface area contributed by atoms with Crippen LogP contribution in [0.25, 0.3) is 0 Å². The van der Waals surface area contributed by atoms with Crippen molar-refractivity contribution in [3.8, 4) is 0 Å². The summed E-state index contributed by atoms with van der Waals surface area (Å²) in [5.74, 6) is 0.0388. The molecule has 0 aliphatic rings. The van der Waals surface area contributed by atoms with E-state index in [-0.39, 0.29) is 11.4 Å². The second-order valence-electron chi connectivity index (χ2n) is 2.35. The van der Waals surface area contributed by atoms with Gasteiger partial charge in [-0.25, -0.2) is 13.8 Å². The van der Waals surface area contributed by atoms with E-state index in [1.54, 1.807) is 0 Å². The van der Waals surface area contributed by atoms with E-state index in [0.717, 1.165) is 0 Å². The number of halogens is 3. The minimum Gasteiger partial charge on any atom is -0.392 e. The summed E-state index contributed by atoms with van der Waals surface area (Å²) in [4.78, 5) is 3.47. The Hall–Kier alpha value is -0.500. The van der Waals surface area contributed by atoms with Crippen LogP contribution in [0, 0.1) is 3.57 Å². The van der Waals surface area contributed by atoms with Gasteiger partial charge in [0.1, 0.15) is 11.5 Å². The van der Waals surface area contributed by atoms with Gasteiger partial charge >= 0.3 is 0 Å². The van der Waals surface area contributed by atoms with Crippen LogP contribution in [0.4, 0.5) is 14.6 Å². The molecule has 0 radical (unpaired) electrons. The molecule has 3 nitrogen and oxygen atoms in total. The Morgan fingerprint density at radius 1 is 1.62 bits per heavy atom. The van der Waals surface area contributed by atoms with Crippen molar-refractivity contribution in [1.29, 1.82) is 0 Å². The number of aromatic nitrogens is 1. The highest BCUT2D eigenvalue weighted by Crippen LogP contribution is 2.26. The predicted molar refractivity (Wildman–Crippen MR) is 52.2 cm³/mol. The van der Waals surface area contributed by atoms with Gasteiger partial charge in [0.25, 0.3) is 6.43 Å². The molecule has 0 amide bonds. The third-order valence-corrected chi connectivity index (χ3v) is 2.45. The maximum Gasteiger partial charge on any atom is 0.280 e. The molecule has 0 fully saturated rings. The second kappa shape index (κ2) is 4.14. The summed E-state index contributed by atoms with van der Waals surface area (Å²) in [7, 11) is 0. The summed E-state index contributed by atoms with van der Waals surface area (Å²) in [6.45, 7) is -0.453. The van der Waals surface area contributed by atoms with Crippen LogP contribution in [0.5, 0.6) is 0 Å². The molecular formula is C7H7F2IN2O. The molecule has 0 aliphatic heterocycles. The van der Waals surface area contributed by atoms with E-state index in [0.29, 0.717) is 3.57 Å². The summed E-state index contributed by atoms with van der Waals surface area (Å²) in [6, 6.07) is 1.44. The number of rotatable bonds is 2. The van der Waals surface area contributed by atoms with Crippen molar-refractivity contribution >= 4 is 28.4 Å². The van der Waals surface area contributed by atoms with Gasteiger partial charge in [-0.3, -0.25) is 0 Å². The fourth-order valence-corrected chi connectivity index (χ4v) is 1.68. The largest absolute Gasteiger partial charge is 0.392 e. The Morgan fingerprint density at radius 3 is 2.69 bits per heavy atom. The lowest BCUT2D eigenvalue weighted by atomic mass is 10.2. The summed E-state index contributed by atoms with van der Waals surface area (Å²) < 4.78 is 25.2. The highest BCUT2D eigenvalue weighted by Gasteiger charge is 2.17. The lowest BCUT2D eigenvalue weighted by Crippen LogP contribution is -2.04. The lowest BCUT2D eigenvalue weighted by Gasteiger charge is -2.08. The minimum absolute atomic E-state index is 0.0388. The van der Waals surface area contributed by atoms with E-state index in [2.05, 4.69) is 4.98 Å². The second-order valence-corrected chi connectivity index (χ2v) is 3.51. The van der Waals surface area contributed by atoms with E-state index in [1.165, 1.54) is 6.07 Å². The Balaban J connectivity index is 3.29. The molecule has 0 saturated carbocycles. The first-order chi connectivity index (χ1) is 6.06. The number of pyridine rings is 1. The van der Waals surface area contributed by atoms with E-state index in [9.17, 15) is 8.78 Å². The van der Waals surface area contributed by atoms with Crippen LogP contribution >= 0.6 is 22.6 Å². The van der Waals surface area contributed by atoms with Gasteiger partial charge in [0, 0.05) is 9.13 Å². The first-order valence-electron chi connectivity index (χ1n) is 3.40. The number of nitrogens with two attached hydrogens (primary N) is 1. The molecule has 0 unspecified atom stereocenters. The van der Waals surface area contributed by atoms with Gasteiger partial charge in [0.2, 0.25) is 0 Å². The number of anilines is 1. The SMILES string of the molecule is Nc1cc(I)c(CO)c(C(F)F)n1. The molecule has 6 heteroatoms. The zero-order chi connectivity index (χ0) is 10.0. The molecule has 1 heterocycles. The molecule has 3 N–H and O–H groups in total. The van der Waals surface area contributed by atoms with Gasteiger partial charge in [-0.1, -0.05) is 0 Å². The van der Waals surface area contributed by atoms with Crippen LogP contribution in [0.15, 0.2) is 6.07 Å². The van der Waals surface area contributed by atoms with Gasteiger partial charge in [-0.2, -0.15) is 0 Å².